The molecule has 0 spiro atoms. The highest BCUT2D eigenvalue weighted by molar-refractivity contribution is 7.09. The SMILES string of the molecule is Cc1cc(NC(=O)c2c(C)c(C(=O)C(=O)NCCc3cccs3)n(C)c2C)ccc1F. The third kappa shape index (κ3) is 4.74. The number of amides is 2. The molecule has 0 saturated heterocycles. The van der Waals surface area contributed by atoms with Crippen molar-refractivity contribution < 1.29 is 18.8 Å². The van der Waals surface area contributed by atoms with Gasteiger partial charge in [0, 0.05) is 29.9 Å². The Morgan fingerprint density at radius 1 is 1.13 bits per heavy atom. The fourth-order valence-electron chi connectivity index (χ4n) is 3.49. The number of thiophene rings is 1. The van der Waals surface area contributed by atoms with Crippen LogP contribution in [0.3, 0.4) is 0 Å². The smallest absolute Gasteiger partial charge is 0.294 e. The van der Waals surface area contributed by atoms with Crippen molar-refractivity contribution in [1.29, 1.82) is 0 Å². The number of benzene rings is 1. The van der Waals surface area contributed by atoms with Gasteiger partial charge in [-0.15, -0.1) is 11.3 Å². The van der Waals surface area contributed by atoms with Gasteiger partial charge >= 0.3 is 0 Å². The van der Waals surface area contributed by atoms with Crippen molar-refractivity contribution in [1.82, 2.24) is 9.88 Å². The van der Waals surface area contributed by atoms with Crippen LogP contribution in [-0.4, -0.2) is 28.7 Å². The summed E-state index contributed by atoms with van der Waals surface area (Å²) in [4.78, 5) is 39.2. The molecular weight excluding hydrogens is 417 g/mol. The Labute approximate surface area is 184 Å². The van der Waals surface area contributed by atoms with Gasteiger partial charge in [-0.1, -0.05) is 6.07 Å². The highest BCUT2D eigenvalue weighted by Gasteiger charge is 2.28. The van der Waals surface area contributed by atoms with E-state index in [1.807, 2.05) is 17.5 Å². The highest BCUT2D eigenvalue weighted by atomic mass is 32.1. The number of hydrogen-bond acceptors (Lipinski definition) is 4. The van der Waals surface area contributed by atoms with Crippen LogP contribution in [0.25, 0.3) is 0 Å². The molecule has 3 aromatic rings. The van der Waals surface area contributed by atoms with Gasteiger partial charge in [-0.25, -0.2) is 4.39 Å². The Bertz CT molecular complexity index is 1150. The van der Waals surface area contributed by atoms with Gasteiger partial charge in [0.25, 0.3) is 17.6 Å². The summed E-state index contributed by atoms with van der Waals surface area (Å²) in [6.45, 7) is 5.32. The molecule has 0 aliphatic rings. The first kappa shape index (κ1) is 22.4. The van der Waals surface area contributed by atoms with Gasteiger partial charge in [0.15, 0.2) is 0 Å². The number of anilines is 1. The number of hydrogen-bond donors (Lipinski definition) is 2. The first-order chi connectivity index (χ1) is 14.7. The summed E-state index contributed by atoms with van der Waals surface area (Å²) < 4.78 is 15.0. The number of rotatable bonds is 7. The molecule has 2 heterocycles. The van der Waals surface area contributed by atoms with E-state index in [0.29, 0.717) is 41.0 Å². The molecule has 3 rings (SSSR count). The summed E-state index contributed by atoms with van der Waals surface area (Å²) >= 11 is 1.59. The molecule has 8 heteroatoms. The third-order valence-corrected chi connectivity index (χ3v) is 6.17. The summed E-state index contributed by atoms with van der Waals surface area (Å²) in [6, 6.07) is 8.19. The second-order valence-corrected chi connectivity index (χ2v) is 8.36. The van der Waals surface area contributed by atoms with Crippen LogP contribution in [0.5, 0.6) is 0 Å². The first-order valence-electron chi connectivity index (χ1n) is 9.79. The zero-order valence-corrected chi connectivity index (χ0v) is 18.7. The van der Waals surface area contributed by atoms with E-state index in [4.69, 9.17) is 0 Å². The minimum absolute atomic E-state index is 0.173. The Hall–Kier alpha value is -3.26. The Morgan fingerprint density at radius 2 is 1.87 bits per heavy atom. The number of aryl methyl sites for hydroxylation is 1. The van der Waals surface area contributed by atoms with E-state index in [1.54, 1.807) is 43.7 Å². The fraction of sp³-hybridized carbons (Fsp3) is 0.261. The van der Waals surface area contributed by atoms with Crippen LogP contribution in [-0.2, 0) is 18.3 Å². The van der Waals surface area contributed by atoms with Crippen molar-refractivity contribution >= 4 is 34.6 Å². The van der Waals surface area contributed by atoms with Crippen LogP contribution in [0, 0.1) is 26.6 Å². The predicted octanol–water partition coefficient (Wildman–Crippen LogP) is 3.94. The number of nitrogens with one attached hydrogen (secondary N) is 2. The molecule has 162 valence electrons. The number of carbonyl (C=O) groups excluding carboxylic acids is 3. The lowest BCUT2D eigenvalue weighted by Gasteiger charge is -2.07. The summed E-state index contributed by atoms with van der Waals surface area (Å²) in [6.07, 6.45) is 0.645. The van der Waals surface area contributed by atoms with Gasteiger partial charge in [0.05, 0.1) is 11.3 Å². The fourth-order valence-corrected chi connectivity index (χ4v) is 4.20. The van der Waals surface area contributed by atoms with Crippen LogP contribution in [0.15, 0.2) is 35.7 Å². The standard InChI is InChI=1S/C23H24FN3O3S/c1-13-12-16(7-8-18(13)24)26-22(29)19-14(2)20(27(4)15(19)3)21(28)23(30)25-10-9-17-6-5-11-31-17/h5-8,11-12H,9-10H2,1-4H3,(H,25,30)(H,26,29). The molecule has 6 nitrogen and oxygen atoms in total. The van der Waals surface area contributed by atoms with Crippen LogP contribution in [0.1, 0.15) is 42.5 Å². The molecule has 2 amide bonds. The van der Waals surface area contributed by atoms with Crippen molar-refractivity contribution in [2.75, 3.05) is 11.9 Å². The molecule has 0 radical (unpaired) electrons. The van der Waals surface area contributed by atoms with Crippen LogP contribution in [0.4, 0.5) is 10.1 Å². The normalized spacial score (nSPS) is 10.7. The maximum Gasteiger partial charge on any atom is 0.294 e. The van der Waals surface area contributed by atoms with Gasteiger partial charge in [-0.2, -0.15) is 0 Å². The largest absolute Gasteiger partial charge is 0.349 e. The number of nitrogens with zero attached hydrogens (tertiary/aromatic N) is 1. The van der Waals surface area contributed by atoms with E-state index in [0.717, 1.165) is 4.88 Å². The minimum atomic E-state index is -0.707. The molecular formula is C23H24FN3O3S. The van der Waals surface area contributed by atoms with Gasteiger partial charge in [-0.3, -0.25) is 14.4 Å². The van der Waals surface area contributed by atoms with Gasteiger partial charge in [0.1, 0.15) is 5.82 Å². The van der Waals surface area contributed by atoms with Crippen molar-refractivity contribution in [2.24, 2.45) is 7.05 Å². The Morgan fingerprint density at radius 3 is 2.52 bits per heavy atom. The van der Waals surface area contributed by atoms with Crippen LogP contribution >= 0.6 is 11.3 Å². The van der Waals surface area contributed by atoms with Crippen molar-refractivity contribution in [3.63, 3.8) is 0 Å². The molecule has 0 atom stereocenters. The molecule has 0 aliphatic carbocycles. The molecule has 0 saturated carbocycles. The number of Topliss-reactive ketones (excluding diaryl/α,β-unsaturated/α-hetero) is 1. The molecule has 0 bridgehead atoms. The average Bonchev–Trinajstić information content (AvgIpc) is 3.31. The summed E-state index contributed by atoms with van der Waals surface area (Å²) in [5.41, 5.74) is 2.34. The molecule has 2 aromatic heterocycles. The summed E-state index contributed by atoms with van der Waals surface area (Å²) in [5, 5.41) is 7.35. The molecule has 31 heavy (non-hydrogen) atoms. The third-order valence-electron chi connectivity index (χ3n) is 5.23. The highest BCUT2D eigenvalue weighted by Crippen LogP contribution is 2.24. The topological polar surface area (TPSA) is 80.2 Å². The lowest BCUT2D eigenvalue weighted by atomic mass is 10.1. The van der Waals surface area contributed by atoms with Gasteiger partial charge in [0.2, 0.25) is 0 Å². The van der Waals surface area contributed by atoms with E-state index in [2.05, 4.69) is 10.6 Å². The maximum atomic E-state index is 13.5. The molecule has 0 fully saturated rings. The monoisotopic (exact) mass is 441 g/mol. The number of ketones is 1. The number of aromatic nitrogens is 1. The predicted molar refractivity (Wildman–Crippen MR) is 119 cm³/mol. The average molecular weight is 442 g/mol. The van der Waals surface area contributed by atoms with Crippen molar-refractivity contribution in [3.8, 4) is 0 Å². The van der Waals surface area contributed by atoms with Crippen molar-refractivity contribution in [3.05, 3.63) is 74.5 Å². The molecule has 2 N–H and O–H groups in total. The zero-order valence-electron chi connectivity index (χ0n) is 17.8. The minimum Gasteiger partial charge on any atom is -0.349 e. The molecule has 0 aliphatic heterocycles. The summed E-state index contributed by atoms with van der Waals surface area (Å²) in [7, 11) is 1.65. The van der Waals surface area contributed by atoms with E-state index in [-0.39, 0.29) is 11.5 Å². The first-order valence-corrected chi connectivity index (χ1v) is 10.7. The van der Waals surface area contributed by atoms with E-state index >= 15 is 0 Å². The van der Waals surface area contributed by atoms with E-state index in [9.17, 15) is 18.8 Å². The number of carbonyl (C=O) groups is 3. The lowest BCUT2D eigenvalue weighted by molar-refractivity contribution is -0.117. The molecule has 0 unspecified atom stereocenters. The van der Waals surface area contributed by atoms with Crippen molar-refractivity contribution in [2.45, 2.75) is 27.2 Å². The van der Waals surface area contributed by atoms with Gasteiger partial charge in [-0.05, 0) is 68.0 Å². The van der Waals surface area contributed by atoms with E-state index < -0.39 is 17.6 Å². The summed E-state index contributed by atoms with van der Waals surface area (Å²) in [5.74, 6) is -2.18. The molecule has 1 aromatic carbocycles. The van der Waals surface area contributed by atoms with E-state index in [1.165, 1.54) is 18.2 Å². The van der Waals surface area contributed by atoms with Gasteiger partial charge < -0.3 is 15.2 Å². The Kier molecular flexibility index (Phi) is 6.70. The zero-order chi connectivity index (χ0) is 22.7. The van der Waals surface area contributed by atoms with Crippen LogP contribution in [0.2, 0.25) is 0 Å². The second-order valence-electron chi connectivity index (χ2n) is 7.33. The quantitative estimate of drug-likeness (QED) is 0.430. The number of halogens is 1. The maximum absolute atomic E-state index is 13.5. The van der Waals surface area contributed by atoms with Crippen LogP contribution < -0.4 is 10.6 Å². The second kappa shape index (κ2) is 9.26. The Balaban J connectivity index is 1.76. The lowest BCUT2D eigenvalue weighted by Crippen LogP contribution is -2.33.